The van der Waals surface area contributed by atoms with Gasteiger partial charge in [-0.3, -0.25) is 4.79 Å². The van der Waals surface area contributed by atoms with Gasteiger partial charge in [0.25, 0.3) is 0 Å². The van der Waals surface area contributed by atoms with Crippen molar-refractivity contribution in [3.8, 4) is 0 Å². The van der Waals surface area contributed by atoms with Crippen LogP contribution in [-0.4, -0.2) is 47.2 Å². The largest absolute Gasteiger partial charge is 0.481 e. The van der Waals surface area contributed by atoms with Gasteiger partial charge in [0.15, 0.2) is 0 Å². The molecule has 0 aromatic rings. The summed E-state index contributed by atoms with van der Waals surface area (Å²) in [7, 11) is 0. The fraction of sp³-hybridized carbons (Fsp3) is 0.800. The van der Waals surface area contributed by atoms with Gasteiger partial charge < -0.3 is 21.1 Å². The highest BCUT2D eigenvalue weighted by Crippen LogP contribution is 2.08. The molecule has 0 bridgehead atoms. The van der Waals surface area contributed by atoms with Crippen LogP contribution in [0.1, 0.15) is 26.2 Å². The number of aliphatic carboxylic acids is 1. The van der Waals surface area contributed by atoms with Gasteiger partial charge in [-0.2, -0.15) is 0 Å². The summed E-state index contributed by atoms with van der Waals surface area (Å²) in [6.07, 6.45) is 1.78. The standard InChI is InChI=1S/C10H19N3O3/c1-7(5-9(14)15)12-10(16)13-4-2-3-8(11)6-13/h7-8H,2-6,11H2,1H3,(H,12,16)(H,14,15). The molecule has 0 spiro atoms. The van der Waals surface area contributed by atoms with Gasteiger partial charge >= 0.3 is 12.0 Å². The van der Waals surface area contributed by atoms with Gasteiger partial charge in [-0.1, -0.05) is 0 Å². The average molecular weight is 229 g/mol. The molecule has 16 heavy (non-hydrogen) atoms. The smallest absolute Gasteiger partial charge is 0.317 e. The first-order valence-corrected chi connectivity index (χ1v) is 5.52. The van der Waals surface area contributed by atoms with Crippen LogP contribution in [0, 0.1) is 0 Å². The Morgan fingerprint density at radius 2 is 2.31 bits per heavy atom. The van der Waals surface area contributed by atoms with E-state index in [1.165, 1.54) is 0 Å². The number of rotatable bonds is 3. The molecular formula is C10H19N3O3. The summed E-state index contributed by atoms with van der Waals surface area (Å²) in [5.74, 6) is -0.914. The number of likely N-dealkylation sites (tertiary alicyclic amines) is 1. The number of carbonyl (C=O) groups is 2. The van der Waals surface area contributed by atoms with E-state index in [2.05, 4.69) is 5.32 Å². The second-order valence-electron chi connectivity index (χ2n) is 4.30. The molecule has 1 saturated heterocycles. The lowest BCUT2D eigenvalue weighted by Crippen LogP contribution is -2.51. The quantitative estimate of drug-likeness (QED) is 0.634. The average Bonchev–Trinajstić information content (AvgIpc) is 2.16. The summed E-state index contributed by atoms with van der Waals surface area (Å²) in [5.41, 5.74) is 5.76. The number of piperidine rings is 1. The number of nitrogens with one attached hydrogen (secondary N) is 1. The zero-order valence-electron chi connectivity index (χ0n) is 9.48. The SMILES string of the molecule is CC(CC(=O)O)NC(=O)N1CCCC(N)C1. The molecule has 1 heterocycles. The molecule has 1 fully saturated rings. The third kappa shape index (κ3) is 4.06. The van der Waals surface area contributed by atoms with Crippen molar-refractivity contribution in [3.05, 3.63) is 0 Å². The lowest BCUT2D eigenvalue weighted by Gasteiger charge is -2.31. The molecule has 1 aliphatic heterocycles. The number of carboxylic acid groups (broad SMARTS) is 1. The van der Waals surface area contributed by atoms with Gasteiger partial charge in [-0.25, -0.2) is 4.79 Å². The van der Waals surface area contributed by atoms with Crippen molar-refractivity contribution in [2.45, 2.75) is 38.3 Å². The van der Waals surface area contributed by atoms with Gasteiger partial charge in [0, 0.05) is 25.2 Å². The predicted octanol–water partition coefficient (Wildman–Crippen LogP) is -0.0177. The fourth-order valence-corrected chi connectivity index (χ4v) is 1.81. The minimum atomic E-state index is -0.914. The second-order valence-corrected chi connectivity index (χ2v) is 4.30. The lowest BCUT2D eigenvalue weighted by molar-refractivity contribution is -0.137. The van der Waals surface area contributed by atoms with Crippen LogP contribution in [0.4, 0.5) is 4.79 Å². The number of carbonyl (C=O) groups excluding carboxylic acids is 1. The van der Waals surface area contributed by atoms with E-state index in [1.807, 2.05) is 0 Å². The first-order valence-electron chi connectivity index (χ1n) is 5.52. The summed E-state index contributed by atoms with van der Waals surface area (Å²) in [6, 6.07) is -0.540. The van der Waals surface area contributed by atoms with E-state index in [4.69, 9.17) is 10.8 Å². The maximum atomic E-state index is 11.7. The third-order valence-corrected chi connectivity index (χ3v) is 2.60. The Hall–Kier alpha value is -1.30. The van der Waals surface area contributed by atoms with Gasteiger partial charge in [-0.15, -0.1) is 0 Å². The Labute approximate surface area is 94.8 Å². The van der Waals surface area contributed by atoms with E-state index < -0.39 is 5.97 Å². The van der Waals surface area contributed by atoms with Crippen molar-refractivity contribution in [1.82, 2.24) is 10.2 Å². The zero-order valence-corrected chi connectivity index (χ0v) is 9.48. The van der Waals surface area contributed by atoms with Crippen molar-refractivity contribution in [2.75, 3.05) is 13.1 Å². The van der Waals surface area contributed by atoms with Gasteiger partial charge in [0.2, 0.25) is 0 Å². The summed E-state index contributed by atoms with van der Waals surface area (Å²) < 4.78 is 0. The molecule has 1 rings (SSSR count). The third-order valence-electron chi connectivity index (χ3n) is 2.60. The summed E-state index contributed by atoms with van der Waals surface area (Å²) in [4.78, 5) is 23.8. The minimum Gasteiger partial charge on any atom is -0.481 e. The maximum Gasteiger partial charge on any atom is 0.317 e. The Kier molecular flexibility index (Phi) is 4.54. The van der Waals surface area contributed by atoms with Crippen molar-refractivity contribution in [2.24, 2.45) is 5.73 Å². The lowest BCUT2D eigenvalue weighted by atomic mass is 10.1. The summed E-state index contributed by atoms with van der Waals surface area (Å²) in [5, 5.41) is 11.2. The minimum absolute atomic E-state index is 0.0364. The molecule has 6 heteroatoms. The van der Waals surface area contributed by atoms with Crippen molar-refractivity contribution in [3.63, 3.8) is 0 Å². The number of carboxylic acids is 1. The van der Waals surface area contributed by atoms with Crippen molar-refractivity contribution < 1.29 is 14.7 Å². The van der Waals surface area contributed by atoms with Crippen LogP contribution in [0.3, 0.4) is 0 Å². The van der Waals surface area contributed by atoms with E-state index in [0.717, 1.165) is 12.8 Å². The monoisotopic (exact) mass is 229 g/mol. The molecule has 0 aliphatic carbocycles. The highest BCUT2D eigenvalue weighted by atomic mass is 16.4. The normalized spacial score (nSPS) is 22.6. The molecule has 0 aromatic carbocycles. The van der Waals surface area contributed by atoms with Crippen LogP contribution in [0.2, 0.25) is 0 Å². The molecule has 0 radical (unpaired) electrons. The van der Waals surface area contributed by atoms with E-state index >= 15 is 0 Å². The Morgan fingerprint density at radius 3 is 2.88 bits per heavy atom. The molecule has 2 unspecified atom stereocenters. The van der Waals surface area contributed by atoms with Crippen LogP contribution in [0.5, 0.6) is 0 Å². The van der Waals surface area contributed by atoms with Crippen LogP contribution in [-0.2, 0) is 4.79 Å². The zero-order chi connectivity index (χ0) is 12.1. The van der Waals surface area contributed by atoms with Crippen molar-refractivity contribution >= 4 is 12.0 Å². The van der Waals surface area contributed by atoms with E-state index in [1.54, 1.807) is 11.8 Å². The Bertz CT molecular complexity index is 270. The Morgan fingerprint density at radius 1 is 1.62 bits per heavy atom. The number of nitrogens with zero attached hydrogens (tertiary/aromatic N) is 1. The molecule has 6 nitrogen and oxygen atoms in total. The summed E-state index contributed by atoms with van der Waals surface area (Å²) in [6.45, 7) is 2.92. The number of amides is 2. The number of hydrogen-bond donors (Lipinski definition) is 3. The number of hydrogen-bond acceptors (Lipinski definition) is 3. The van der Waals surface area contributed by atoms with Gasteiger partial charge in [0.05, 0.1) is 6.42 Å². The molecule has 1 aliphatic rings. The van der Waals surface area contributed by atoms with E-state index in [0.29, 0.717) is 13.1 Å². The van der Waals surface area contributed by atoms with Crippen molar-refractivity contribution in [1.29, 1.82) is 0 Å². The van der Waals surface area contributed by atoms with Gasteiger partial charge in [0.1, 0.15) is 0 Å². The van der Waals surface area contributed by atoms with Crippen LogP contribution in [0.25, 0.3) is 0 Å². The molecule has 0 saturated carbocycles. The van der Waals surface area contributed by atoms with Crippen LogP contribution in [0.15, 0.2) is 0 Å². The first-order chi connectivity index (χ1) is 7.49. The molecule has 2 atom stereocenters. The second kappa shape index (κ2) is 5.69. The van der Waals surface area contributed by atoms with E-state index in [9.17, 15) is 9.59 Å². The highest BCUT2D eigenvalue weighted by Gasteiger charge is 2.22. The topological polar surface area (TPSA) is 95.7 Å². The predicted molar refractivity (Wildman–Crippen MR) is 59.0 cm³/mol. The molecular weight excluding hydrogens is 210 g/mol. The van der Waals surface area contributed by atoms with Crippen LogP contribution < -0.4 is 11.1 Å². The highest BCUT2D eigenvalue weighted by molar-refractivity contribution is 5.76. The van der Waals surface area contributed by atoms with Gasteiger partial charge in [-0.05, 0) is 19.8 Å². The van der Waals surface area contributed by atoms with E-state index in [-0.39, 0.29) is 24.5 Å². The first kappa shape index (κ1) is 12.8. The fourth-order valence-electron chi connectivity index (χ4n) is 1.81. The molecule has 2 amide bonds. The molecule has 92 valence electrons. The maximum absolute atomic E-state index is 11.7. The number of nitrogens with two attached hydrogens (primary N) is 1. The summed E-state index contributed by atoms with van der Waals surface area (Å²) >= 11 is 0. The number of urea groups is 1. The Balaban J connectivity index is 2.36. The molecule has 4 N–H and O–H groups in total. The van der Waals surface area contributed by atoms with Crippen LogP contribution >= 0.6 is 0 Å². The molecule has 0 aromatic heterocycles.